The molecule has 0 radical (unpaired) electrons. The Bertz CT molecular complexity index is 1150. The number of carbonyl (C=O) groups excluding carboxylic acids is 2. The monoisotopic (exact) mass is 491 g/mol. The van der Waals surface area contributed by atoms with E-state index in [4.69, 9.17) is 0 Å². The fourth-order valence-corrected chi connectivity index (χ4v) is 4.60. The van der Waals surface area contributed by atoms with Crippen LogP contribution in [0, 0.1) is 11.6 Å². The van der Waals surface area contributed by atoms with E-state index in [-0.39, 0.29) is 31.1 Å². The van der Waals surface area contributed by atoms with Gasteiger partial charge in [0, 0.05) is 32.2 Å². The number of hydrogen-bond donors (Lipinski definition) is 1. The van der Waals surface area contributed by atoms with E-state index in [9.17, 15) is 40.0 Å². The second kappa shape index (κ2) is 9.43. The summed E-state index contributed by atoms with van der Waals surface area (Å²) in [6.45, 7) is -0.717. The van der Waals surface area contributed by atoms with Crippen LogP contribution in [-0.2, 0) is 21.0 Å². The molecule has 1 heterocycles. The number of benzene rings is 2. The SMILES string of the molecule is O=C(NCC(=O)N1CCN(S(=O)(=O)c2ccc(C(F)(F)F)cc2)CC1)c1ccc(F)cc1F. The molecule has 0 atom stereocenters. The van der Waals surface area contributed by atoms with Crippen LogP contribution in [0.3, 0.4) is 0 Å². The van der Waals surface area contributed by atoms with E-state index < -0.39 is 57.3 Å². The number of carbonyl (C=O) groups is 2. The molecule has 33 heavy (non-hydrogen) atoms. The van der Waals surface area contributed by atoms with Crippen LogP contribution in [-0.4, -0.2) is 62.2 Å². The van der Waals surface area contributed by atoms with Crippen LogP contribution in [0.25, 0.3) is 0 Å². The van der Waals surface area contributed by atoms with Crippen molar-refractivity contribution >= 4 is 21.8 Å². The molecule has 1 N–H and O–H groups in total. The van der Waals surface area contributed by atoms with Crippen LogP contribution >= 0.6 is 0 Å². The van der Waals surface area contributed by atoms with Crippen molar-refractivity contribution in [2.24, 2.45) is 0 Å². The Morgan fingerprint density at radius 2 is 1.55 bits per heavy atom. The van der Waals surface area contributed by atoms with E-state index in [1.807, 2.05) is 0 Å². The third-order valence-corrected chi connectivity index (χ3v) is 6.90. The van der Waals surface area contributed by atoms with Crippen LogP contribution in [0.15, 0.2) is 47.4 Å². The lowest BCUT2D eigenvalue weighted by Gasteiger charge is -2.34. The first-order chi connectivity index (χ1) is 15.4. The number of hydrogen-bond acceptors (Lipinski definition) is 4. The zero-order chi connectivity index (χ0) is 24.4. The van der Waals surface area contributed by atoms with Gasteiger partial charge in [-0.2, -0.15) is 17.5 Å². The van der Waals surface area contributed by atoms with Crippen molar-refractivity contribution in [1.82, 2.24) is 14.5 Å². The average molecular weight is 491 g/mol. The van der Waals surface area contributed by atoms with E-state index in [1.165, 1.54) is 4.90 Å². The summed E-state index contributed by atoms with van der Waals surface area (Å²) in [5.74, 6) is -3.40. The number of halogens is 5. The Morgan fingerprint density at radius 1 is 0.939 bits per heavy atom. The zero-order valence-electron chi connectivity index (χ0n) is 16.9. The second-order valence-electron chi connectivity index (χ2n) is 7.11. The van der Waals surface area contributed by atoms with Crippen molar-refractivity contribution in [3.05, 3.63) is 65.2 Å². The summed E-state index contributed by atoms with van der Waals surface area (Å²) < 4.78 is 91.0. The molecule has 2 amide bonds. The Labute approximate surface area is 185 Å². The molecule has 0 bridgehead atoms. The van der Waals surface area contributed by atoms with Crippen LogP contribution in [0.2, 0.25) is 0 Å². The van der Waals surface area contributed by atoms with E-state index >= 15 is 0 Å². The second-order valence-corrected chi connectivity index (χ2v) is 9.05. The smallest absolute Gasteiger partial charge is 0.343 e. The molecular weight excluding hydrogens is 473 g/mol. The molecular formula is C20H18F5N3O4S. The van der Waals surface area contributed by atoms with Gasteiger partial charge in [0.25, 0.3) is 5.91 Å². The van der Waals surface area contributed by atoms with Gasteiger partial charge in [0.2, 0.25) is 15.9 Å². The molecule has 0 aromatic heterocycles. The number of nitrogens with zero attached hydrogens (tertiary/aromatic N) is 2. The highest BCUT2D eigenvalue weighted by Gasteiger charge is 2.33. The summed E-state index contributed by atoms with van der Waals surface area (Å²) in [4.78, 5) is 25.3. The highest BCUT2D eigenvalue weighted by Crippen LogP contribution is 2.30. The van der Waals surface area contributed by atoms with Crippen molar-refractivity contribution < 1.29 is 40.0 Å². The van der Waals surface area contributed by atoms with Gasteiger partial charge >= 0.3 is 6.18 Å². The van der Waals surface area contributed by atoms with Gasteiger partial charge in [0.1, 0.15) is 11.6 Å². The molecule has 0 spiro atoms. The minimum absolute atomic E-state index is 0.0144. The fourth-order valence-electron chi connectivity index (χ4n) is 3.18. The lowest BCUT2D eigenvalue weighted by molar-refractivity contribution is -0.137. The molecule has 0 unspecified atom stereocenters. The number of piperazine rings is 1. The van der Waals surface area contributed by atoms with Crippen LogP contribution in [0.5, 0.6) is 0 Å². The normalized spacial score (nSPS) is 15.4. The highest BCUT2D eigenvalue weighted by atomic mass is 32.2. The standard InChI is InChI=1S/C20H18F5N3O4S/c21-14-3-6-16(17(22)11-14)19(30)26-12-18(29)27-7-9-28(10-8-27)33(31,32)15-4-1-13(2-5-15)20(23,24)25/h1-6,11H,7-10,12H2,(H,26,30). The maximum absolute atomic E-state index is 13.6. The zero-order valence-corrected chi connectivity index (χ0v) is 17.7. The van der Waals surface area contributed by atoms with Gasteiger partial charge < -0.3 is 10.2 Å². The van der Waals surface area contributed by atoms with Gasteiger partial charge in [0.05, 0.1) is 22.6 Å². The molecule has 1 aliphatic heterocycles. The fraction of sp³-hybridized carbons (Fsp3) is 0.300. The number of sulfonamides is 1. The van der Waals surface area contributed by atoms with Crippen LogP contribution in [0.1, 0.15) is 15.9 Å². The van der Waals surface area contributed by atoms with E-state index in [1.54, 1.807) is 0 Å². The number of amides is 2. The molecule has 13 heteroatoms. The molecule has 7 nitrogen and oxygen atoms in total. The molecule has 2 aromatic rings. The van der Waals surface area contributed by atoms with Crippen molar-refractivity contribution in [3.63, 3.8) is 0 Å². The number of alkyl halides is 3. The first-order valence-electron chi connectivity index (χ1n) is 9.58. The third kappa shape index (κ3) is 5.66. The van der Waals surface area contributed by atoms with Gasteiger partial charge in [-0.1, -0.05) is 0 Å². The van der Waals surface area contributed by atoms with Gasteiger partial charge in [-0.3, -0.25) is 9.59 Å². The number of nitrogens with one attached hydrogen (secondary N) is 1. The molecule has 1 aliphatic rings. The molecule has 0 aliphatic carbocycles. The predicted molar refractivity (Wildman–Crippen MR) is 105 cm³/mol. The molecule has 2 aromatic carbocycles. The third-order valence-electron chi connectivity index (χ3n) is 4.99. The number of rotatable bonds is 5. The quantitative estimate of drug-likeness (QED) is 0.651. The predicted octanol–water partition coefficient (Wildman–Crippen LogP) is 2.25. The largest absolute Gasteiger partial charge is 0.416 e. The molecule has 3 rings (SSSR count). The summed E-state index contributed by atoms with van der Waals surface area (Å²) >= 11 is 0. The Balaban J connectivity index is 1.55. The van der Waals surface area contributed by atoms with Crippen LogP contribution < -0.4 is 5.32 Å². The summed E-state index contributed by atoms with van der Waals surface area (Å²) in [7, 11) is -4.06. The first-order valence-corrected chi connectivity index (χ1v) is 11.0. The maximum atomic E-state index is 13.6. The summed E-state index contributed by atoms with van der Waals surface area (Å²) in [6.07, 6.45) is -4.59. The molecule has 1 fully saturated rings. The van der Waals surface area contributed by atoms with Crippen molar-refractivity contribution in [1.29, 1.82) is 0 Å². The van der Waals surface area contributed by atoms with Gasteiger partial charge in [-0.15, -0.1) is 0 Å². The lowest BCUT2D eigenvalue weighted by Crippen LogP contribution is -2.52. The van der Waals surface area contributed by atoms with Gasteiger partial charge in [-0.25, -0.2) is 17.2 Å². The van der Waals surface area contributed by atoms with Crippen molar-refractivity contribution in [3.8, 4) is 0 Å². The van der Waals surface area contributed by atoms with Crippen LogP contribution in [0.4, 0.5) is 22.0 Å². The topological polar surface area (TPSA) is 86.8 Å². The van der Waals surface area contributed by atoms with Gasteiger partial charge in [-0.05, 0) is 36.4 Å². The van der Waals surface area contributed by atoms with Crippen molar-refractivity contribution in [2.75, 3.05) is 32.7 Å². The summed E-state index contributed by atoms with van der Waals surface area (Å²) in [5.41, 5.74) is -1.41. The molecule has 1 saturated heterocycles. The Kier molecular flexibility index (Phi) is 7.03. The van der Waals surface area contributed by atoms with E-state index in [0.717, 1.165) is 28.6 Å². The Hall–Kier alpha value is -3.06. The summed E-state index contributed by atoms with van der Waals surface area (Å²) in [5, 5.41) is 2.22. The molecule has 0 saturated carbocycles. The Morgan fingerprint density at radius 3 is 2.09 bits per heavy atom. The molecule has 178 valence electrons. The first kappa shape index (κ1) is 24.6. The summed E-state index contributed by atoms with van der Waals surface area (Å²) in [6, 6.07) is 5.48. The van der Waals surface area contributed by atoms with Gasteiger partial charge in [0.15, 0.2) is 0 Å². The van der Waals surface area contributed by atoms with E-state index in [0.29, 0.717) is 18.2 Å². The van der Waals surface area contributed by atoms with E-state index in [2.05, 4.69) is 5.32 Å². The minimum atomic E-state index is -4.59. The highest BCUT2D eigenvalue weighted by molar-refractivity contribution is 7.89. The lowest BCUT2D eigenvalue weighted by atomic mass is 10.2. The average Bonchev–Trinajstić information content (AvgIpc) is 2.77. The minimum Gasteiger partial charge on any atom is -0.343 e. The van der Waals surface area contributed by atoms with Crippen molar-refractivity contribution in [2.45, 2.75) is 11.1 Å². The maximum Gasteiger partial charge on any atom is 0.416 e.